The van der Waals surface area contributed by atoms with E-state index < -0.39 is 10.0 Å². The molecule has 5 rings (SSSR count). The Morgan fingerprint density at radius 1 is 1.16 bits per heavy atom. The average Bonchev–Trinajstić information content (AvgIpc) is 3.33. The van der Waals surface area contributed by atoms with Gasteiger partial charge in [-0.1, -0.05) is 18.2 Å². The second-order valence-corrected chi connectivity index (χ2v) is 10.3. The lowest BCUT2D eigenvalue weighted by Crippen LogP contribution is -2.33. The average molecular weight is 451 g/mol. The number of nitrogens with one attached hydrogen (secondary N) is 1. The van der Waals surface area contributed by atoms with Gasteiger partial charge in [0.05, 0.1) is 16.3 Å². The van der Waals surface area contributed by atoms with Crippen molar-refractivity contribution >= 4 is 27.3 Å². The number of anilines is 2. The zero-order valence-corrected chi connectivity index (χ0v) is 19.0. The van der Waals surface area contributed by atoms with E-state index in [1.165, 1.54) is 6.92 Å². The van der Waals surface area contributed by atoms with Gasteiger partial charge in [0.1, 0.15) is 5.82 Å². The third-order valence-corrected chi connectivity index (χ3v) is 7.64. The van der Waals surface area contributed by atoms with E-state index in [1.807, 2.05) is 31.3 Å². The maximum absolute atomic E-state index is 13.3. The van der Waals surface area contributed by atoms with Crippen LogP contribution in [0.4, 0.5) is 11.4 Å². The van der Waals surface area contributed by atoms with Crippen LogP contribution in [0, 0.1) is 0 Å². The molecule has 2 aliphatic heterocycles. The predicted molar refractivity (Wildman–Crippen MR) is 124 cm³/mol. The molecule has 0 radical (unpaired) electrons. The van der Waals surface area contributed by atoms with Gasteiger partial charge in [0.15, 0.2) is 0 Å². The van der Waals surface area contributed by atoms with Crippen molar-refractivity contribution in [3.8, 4) is 11.3 Å². The fourth-order valence-electron chi connectivity index (χ4n) is 4.80. The number of aromatic nitrogens is 2. The van der Waals surface area contributed by atoms with Crippen LogP contribution in [-0.4, -0.2) is 29.9 Å². The van der Waals surface area contributed by atoms with Crippen molar-refractivity contribution in [2.24, 2.45) is 0 Å². The Morgan fingerprint density at radius 3 is 2.75 bits per heavy atom. The fourth-order valence-corrected chi connectivity index (χ4v) is 5.93. The Labute approximate surface area is 188 Å². The van der Waals surface area contributed by atoms with Gasteiger partial charge in [-0.05, 0) is 56.0 Å². The quantitative estimate of drug-likeness (QED) is 0.652. The summed E-state index contributed by atoms with van der Waals surface area (Å²) in [5.41, 5.74) is 3.69. The van der Waals surface area contributed by atoms with Crippen LogP contribution < -0.4 is 9.62 Å². The molecular weight excluding hydrogens is 424 g/mol. The molecule has 0 bridgehead atoms. The zero-order chi connectivity index (χ0) is 22.5. The second kappa shape index (κ2) is 7.78. The summed E-state index contributed by atoms with van der Waals surface area (Å²) in [6.45, 7) is 4.44. The molecule has 1 aromatic heterocycles. The Bertz CT molecular complexity index is 1290. The number of benzene rings is 2. The first-order valence-corrected chi connectivity index (χ1v) is 12.4. The van der Waals surface area contributed by atoms with Crippen LogP contribution in [-0.2, 0) is 34.2 Å². The molecule has 1 atom stereocenters. The number of rotatable bonds is 4. The summed E-state index contributed by atoms with van der Waals surface area (Å²) in [4.78, 5) is 18.6. The van der Waals surface area contributed by atoms with Crippen LogP contribution in [0.5, 0.6) is 0 Å². The number of hydrogen-bond donors (Lipinski definition) is 1. The minimum atomic E-state index is -3.81. The molecule has 3 aromatic rings. The standard InChI is InChI=1S/C24H26N4O3S/c1-16-13-18-14-19(10-11-23(18)28(16)17(2)29)32(30,31)26-21-8-4-3-7-20(21)22-15-27-12-6-5-9-24(27)25-22/h3-4,7-8,10-11,14-16,26H,5-6,9,12-13H2,1-2H3. The SMILES string of the molecule is CC(=O)N1c2ccc(S(=O)(=O)Nc3ccccc3-c3cn4c(n3)CCCC4)cc2CC1C. The summed E-state index contributed by atoms with van der Waals surface area (Å²) in [6.07, 6.45) is 5.85. The van der Waals surface area contributed by atoms with Crippen LogP contribution in [0.15, 0.2) is 53.6 Å². The smallest absolute Gasteiger partial charge is 0.261 e. The largest absolute Gasteiger partial charge is 0.334 e. The highest BCUT2D eigenvalue weighted by Gasteiger charge is 2.30. The predicted octanol–water partition coefficient (Wildman–Crippen LogP) is 3.98. The van der Waals surface area contributed by atoms with Gasteiger partial charge in [-0.2, -0.15) is 0 Å². The maximum Gasteiger partial charge on any atom is 0.261 e. The second-order valence-electron chi connectivity index (χ2n) is 8.58. The minimum Gasteiger partial charge on any atom is -0.334 e. The summed E-state index contributed by atoms with van der Waals surface area (Å²) in [6, 6.07) is 12.3. The fraction of sp³-hybridized carbons (Fsp3) is 0.333. The molecule has 0 aliphatic carbocycles. The van der Waals surface area contributed by atoms with Crippen molar-refractivity contribution in [2.45, 2.75) is 57.0 Å². The van der Waals surface area contributed by atoms with Crippen LogP contribution in [0.3, 0.4) is 0 Å². The highest BCUT2D eigenvalue weighted by molar-refractivity contribution is 7.92. The third kappa shape index (κ3) is 3.58. The van der Waals surface area contributed by atoms with Gasteiger partial charge in [-0.15, -0.1) is 0 Å². The molecule has 7 nitrogen and oxygen atoms in total. The van der Waals surface area contributed by atoms with E-state index in [0.29, 0.717) is 12.1 Å². The molecule has 3 heterocycles. The zero-order valence-electron chi connectivity index (χ0n) is 18.2. The lowest BCUT2D eigenvalue weighted by molar-refractivity contribution is -0.116. The summed E-state index contributed by atoms with van der Waals surface area (Å²) >= 11 is 0. The van der Waals surface area contributed by atoms with E-state index in [-0.39, 0.29) is 16.8 Å². The van der Waals surface area contributed by atoms with Gasteiger partial charge in [-0.3, -0.25) is 9.52 Å². The van der Waals surface area contributed by atoms with Crippen molar-refractivity contribution in [1.82, 2.24) is 9.55 Å². The monoisotopic (exact) mass is 450 g/mol. The molecule has 0 saturated heterocycles. The van der Waals surface area contributed by atoms with Crippen molar-refractivity contribution in [3.05, 3.63) is 60.0 Å². The highest BCUT2D eigenvalue weighted by Crippen LogP contribution is 2.35. The van der Waals surface area contributed by atoms with Gasteiger partial charge in [0.2, 0.25) is 5.91 Å². The number of sulfonamides is 1. The molecule has 0 saturated carbocycles. The van der Waals surface area contributed by atoms with E-state index in [4.69, 9.17) is 4.98 Å². The van der Waals surface area contributed by atoms with Gasteiger partial charge < -0.3 is 9.47 Å². The topological polar surface area (TPSA) is 84.3 Å². The number of amides is 1. The number of carbonyl (C=O) groups excluding carboxylic acids is 1. The number of aryl methyl sites for hydroxylation is 2. The number of hydrogen-bond acceptors (Lipinski definition) is 4. The molecule has 166 valence electrons. The van der Waals surface area contributed by atoms with Crippen LogP contribution in [0.1, 0.15) is 38.1 Å². The number of para-hydroxylation sites is 1. The normalized spacial score (nSPS) is 17.7. The van der Waals surface area contributed by atoms with Gasteiger partial charge in [0.25, 0.3) is 10.0 Å². The first-order valence-electron chi connectivity index (χ1n) is 10.9. The highest BCUT2D eigenvalue weighted by atomic mass is 32.2. The lowest BCUT2D eigenvalue weighted by atomic mass is 10.1. The molecular formula is C24H26N4O3S. The van der Waals surface area contributed by atoms with Gasteiger partial charge in [0, 0.05) is 43.4 Å². The van der Waals surface area contributed by atoms with Gasteiger partial charge >= 0.3 is 0 Å². The van der Waals surface area contributed by atoms with Crippen molar-refractivity contribution in [1.29, 1.82) is 0 Å². The van der Waals surface area contributed by atoms with Crippen molar-refractivity contribution in [2.75, 3.05) is 9.62 Å². The minimum absolute atomic E-state index is 0.0149. The summed E-state index contributed by atoms with van der Waals surface area (Å²) < 4.78 is 31.4. The van der Waals surface area contributed by atoms with E-state index in [1.54, 1.807) is 29.2 Å². The van der Waals surface area contributed by atoms with Crippen LogP contribution in [0.2, 0.25) is 0 Å². The first kappa shape index (κ1) is 20.8. The van der Waals surface area contributed by atoms with E-state index in [2.05, 4.69) is 9.29 Å². The maximum atomic E-state index is 13.3. The van der Waals surface area contributed by atoms with Crippen molar-refractivity contribution in [3.63, 3.8) is 0 Å². The number of nitrogens with zero attached hydrogens (tertiary/aromatic N) is 3. The van der Waals surface area contributed by atoms with E-state index in [0.717, 1.165) is 54.1 Å². The summed E-state index contributed by atoms with van der Waals surface area (Å²) in [5, 5.41) is 0. The van der Waals surface area contributed by atoms with E-state index >= 15 is 0 Å². The lowest BCUT2D eigenvalue weighted by Gasteiger charge is -2.20. The number of imidazole rings is 1. The molecule has 1 N–H and O–H groups in total. The Kier molecular flexibility index (Phi) is 5.04. The molecule has 8 heteroatoms. The Morgan fingerprint density at radius 2 is 1.97 bits per heavy atom. The first-order chi connectivity index (χ1) is 15.3. The molecule has 1 amide bonds. The molecule has 2 aromatic carbocycles. The molecule has 0 fully saturated rings. The Hall–Kier alpha value is -3.13. The number of carbonyl (C=O) groups is 1. The van der Waals surface area contributed by atoms with Crippen LogP contribution >= 0.6 is 0 Å². The molecule has 1 unspecified atom stereocenters. The van der Waals surface area contributed by atoms with Crippen LogP contribution in [0.25, 0.3) is 11.3 Å². The summed E-state index contributed by atoms with van der Waals surface area (Å²) in [5.74, 6) is 1.01. The van der Waals surface area contributed by atoms with E-state index in [9.17, 15) is 13.2 Å². The van der Waals surface area contributed by atoms with Crippen molar-refractivity contribution < 1.29 is 13.2 Å². The Balaban J connectivity index is 1.47. The molecule has 2 aliphatic rings. The van der Waals surface area contributed by atoms with Gasteiger partial charge in [-0.25, -0.2) is 13.4 Å². The molecule has 32 heavy (non-hydrogen) atoms. The summed E-state index contributed by atoms with van der Waals surface area (Å²) in [7, 11) is -3.81. The third-order valence-electron chi connectivity index (χ3n) is 6.27. The molecule has 0 spiro atoms. The number of fused-ring (bicyclic) bond motifs is 2.